The first kappa shape index (κ1) is 14.8. The van der Waals surface area contributed by atoms with Crippen LogP contribution in [0.5, 0.6) is 0 Å². The molecular weight excluding hydrogens is 248 g/mol. The molecule has 3 nitrogen and oxygen atoms in total. The summed E-state index contributed by atoms with van der Waals surface area (Å²) in [5.41, 5.74) is 0.320. The smallest absolute Gasteiger partial charge is 0.0684 e. The fraction of sp³-hybridized carbons (Fsp3) is 1.00. The molecule has 0 aromatic heterocycles. The standard InChI is InChI=1S/C17H32N2O/c1-12(2)19-9-7-13(8-10-19)18-15-14-6-5-11-20-16(14)17(15,3)4/h12-16,18H,5-11H2,1-4H3. The Balaban J connectivity index is 1.53. The quantitative estimate of drug-likeness (QED) is 0.860. The van der Waals surface area contributed by atoms with Gasteiger partial charge in [0.2, 0.25) is 0 Å². The zero-order chi connectivity index (χ0) is 14.3. The SMILES string of the molecule is CC(C)N1CCC(NC2C3CCCOC3C2(C)C)CC1. The van der Waals surface area contributed by atoms with E-state index in [1.165, 1.54) is 38.8 Å². The summed E-state index contributed by atoms with van der Waals surface area (Å²) in [7, 11) is 0. The molecule has 3 unspecified atom stereocenters. The van der Waals surface area contributed by atoms with E-state index in [9.17, 15) is 0 Å². The van der Waals surface area contributed by atoms with Crippen LogP contribution in [0.25, 0.3) is 0 Å². The van der Waals surface area contributed by atoms with E-state index >= 15 is 0 Å². The van der Waals surface area contributed by atoms with Gasteiger partial charge in [-0.3, -0.25) is 0 Å². The van der Waals surface area contributed by atoms with Crippen molar-refractivity contribution < 1.29 is 4.74 Å². The summed E-state index contributed by atoms with van der Waals surface area (Å²) in [5.74, 6) is 0.766. The summed E-state index contributed by atoms with van der Waals surface area (Å²) in [6.45, 7) is 12.9. The molecule has 3 aliphatic rings. The summed E-state index contributed by atoms with van der Waals surface area (Å²) < 4.78 is 6.01. The van der Waals surface area contributed by atoms with Crippen molar-refractivity contribution in [3.05, 3.63) is 0 Å². The predicted octanol–water partition coefficient (Wildman–Crippen LogP) is 2.65. The Labute approximate surface area is 124 Å². The van der Waals surface area contributed by atoms with Crippen molar-refractivity contribution in [1.29, 1.82) is 0 Å². The van der Waals surface area contributed by atoms with E-state index < -0.39 is 0 Å². The number of hydrogen-bond acceptors (Lipinski definition) is 3. The normalized spacial score (nSPS) is 38.5. The molecule has 0 radical (unpaired) electrons. The van der Waals surface area contributed by atoms with Crippen LogP contribution in [0.3, 0.4) is 0 Å². The van der Waals surface area contributed by atoms with Crippen LogP contribution in [0.2, 0.25) is 0 Å². The molecule has 3 fully saturated rings. The number of likely N-dealkylation sites (tertiary alicyclic amines) is 1. The maximum Gasteiger partial charge on any atom is 0.0684 e. The van der Waals surface area contributed by atoms with Gasteiger partial charge in [-0.1, -0.05) is 13.8 Å². The number of rotatable bonds is 3. The van der Waals surface area contributed by atoms with E-state index in [4.69, 9.17) is 4.74 Å². The molecule has 3 heteroatoms. The van der Waals surface area contributed by atoms with Crippen molar-refractivity contribution in [2.75, 3.05) is 19.7 Å². The van der Waals surface area contributed by atoms with E-state index in [2.05, 4.69) is 37.9 Å². The molecule has 2 heterocycles. The van der Waals surface area contributed by atoms with Crippen molar-refractivity contribution >= 4 is 0 Å². The summed E-state index contributed by atoms with van der Waals surface area (Å²) in [6.07, 6.45) is 5.73. The minimum Gasteiger partial charge on any atom is -0.377 e. The lowest BCUT2D eigenvalue weighted by Crippen LogP contribution is -2.71. The molecule has 20 heavy (non-hydrogen) atoms. The maximum absolute atomic E-state index is 6.01. The van der Waals surface area contributed by atoms with E-state index in [0.29, 0.717) is 23.6 Å². The first-order valence-electron chi connectivity index (χ1n) is 8.62. The van der Waals surface area contributed by atoms with Crippen LogP contribution in [-0.2, 0) is 4.74 Å². The lowest BCUT2D eigenvalue weighted by atomic mass is 9.55. The second-order valence-corrected chi connectivity index (χ2v) is 7.97. The van der Waals surface area contributed by atoms with Gasteiger partial charge >= 0.3 is 0 Å². The predicted molar refractivity (Wildman–Crippen MR) is 82.9 cm³/mol. The summed E-state index contributed by atoms with van der Waals surface area (Å²) >= 11 is 0. The average molecular weight is 280 g/mol. The Bertz CT molecular complexity index is 334. The number of ether oxygens (including phenoxy) is 1. The highest BCUT2D eigenvalue weighted by atomic mass is 16.5. The number of nitrogens with one attached hydrogen (secondary N) is 1. The van der Waals surface area contributed by atoms with Crippen molar-refractivity contribution in [2.24, 2.45) is 11.3 Å². The van der Waals surface area contributed by atoms with Crippen molar-refractivity contribution in [3.8, 4) is 0 Å². The highest BCUT2D eigenvalue weighted by Gasteiger charge is 2.58. The average Bonchev–Trinajstić information content (AvgIpc) is 2.45. The van der Waals surface area contributed by atoms with Gasteiger partial charge in [0.25, 0.3) is 0 Å². The number of fused-ring (bicyclic) bond motifs is 1. The Morgan fingerprint density at radius 1 is 1.15 bits per heavy atom. The fourth-order valence-corrected chi connectivity index (χ4v) is 4.70. The van der Waals surface area contributed by atoms with E-state index in [1.54, 1.807) is 0 Å². The minimum absolute atomic E-state index is 0.320. The van der Waals surface area contributed by atoms with Gasteiger partial charge in [-0.2, -0.15) is 0 Å². The van der Waals surface area contributed by atoms with Crippen molar-refractivity contribution in [2.45, 2.75) is 77.6 Å². The van der Waals surface area contributed by atoms with Crippen LogP contribution < -0.4 is 5.32 Å². The van der Waals surface area contributed by atoms with Crippen LogP contribution in [0.4, 0.5) is 0 Å². The molecule has 1 saturated carbocycles. The van der Waals surface area contributed by atoms with Crippen LogP contribution >= 0.6 is 0 Å². The van der Waals surface area contributed by atoms with Crippen molar-refractivity contribution in [3.63, 3.8) is 0 Å². The van der Waals surface area contributed by atoms with Gasteiger partial charge in [-0.05, 0) is 52.6 Å². The minimum atomic E-state index is 0.320. The Hall–Kier alpha value is -0.120. The molecule has 116 valence electrons. The molecule has 0 spiro atoms. The molecule has 0 aromatic carbocycles. The largest absolute Gasteiger partial charge is 0.377 e. The highest BCUT2D eigenvalue weighted by Crippen LogP contribution is 2.51. The molecule has 1 N–H and O–H groups in total. The van der Waals surface area contributed by atoms with Gasteiger partial charge in [-0.15, -0.1) is 0 Å². The highest BCUT2D eigenvalue weighted by molar-refractivity contribution is 5.11. The molecule has 0 amide bonds. The topological polar surface area (TPSA) is 24.5 Å². The van der Waals surface area contributed by atoms with E-state index in [-0.39, 0.29) is 0 Å². The first-order chi connectivity index (χ1) is 9.50. The third kappa shape index (κ3) is 2.53. The third-order valence-corrected chi connectivity index (χ3v) is 6.01. The van der Waals surface area contributed by atoms with Gasteiger partial charge in [-0.25, -0.2) is 0 Å². The second kappa shape index (κ2) is 5.58. The van der Waals surface area contributed by atoms with Crippen molar-refractivity contribution in [1.82, 2.24) is 10.2 Å². The summed E-state index contributed by atoms with van der Waals surface area (Å²) in [5, 5.41) is 4.00. The summed E-state index contributed by atoms with van der Waals surface area (Å²) in [6, 6.07) is 2.09. The van der Waals surface area contributed by atoms with Gasteiger partial charge < -0.3 is 15.0 Å². The van der Waals surface area contributed by atoms with E-state index in [0.717, 1.165) is 18.6 Å². The number of hydrogen-bond donors (Lipinski definition) is 1. The molecular formula is C17H32N2O. The molecule has 3 rings (SSSR count). The number of piperidine rings is 1. The lowest BCUT2D eigenvalue weighted by molar-refractivity contribution is -0.195. The first-order valence-corrected chi connectivity index (χ1v) is 8.62. The van der Waals surface area contributed by atoms with Gasteiger partial charge in [0, 0.05) is 36.1 Å². The Kier molecular flexibility index (Phi) is 4.13. The van der Waals surface area contributed by atoms with Gasteiger partial charge in [0.05, 0.1) is 6.10 Å². The molecule has 2 saturated heterocycles. The van der Waals surface area contributed by atoms with E-state index in [1.807, 2.05) is 0 Å². The van der Waals surface area contributed by atoms with Crippen LogP contribution in [0.1, 0.15) is 53.4 Å². The van der Waals surface area contributed by atoms with Crippen LogP contribution in [0.15, 0.2) is 0 Å². The third-order valence-electron chi connectivity index (χ3n) is 6.01. The van der Waals surface area contributed by atoms with Crippen LogP contribution in [0, 0.1) is 11.3 Å². The van der Waals surface area contributed by atoms with Gasteiger partial charge in [0.15, 0.2) is 0 Å². The van der Waals surface area contributed by atoms with Crippen LogP contribution in [-0.4, -0.2) is 48.8 Å². The maximum atomic E-state index is 6.01. The molecule has 2 aliphatic heterocycles. The second-order valence-electron chi connectivity index (χ2n) is 7.97. The Morgan fingerprint density at radius 2 is 1.85 bits per heavy atom. The number of nitrogens with zero attached hydrogens (tertiary/aromatic N) is 1. The monoisotopic (exact) mass is 280 g/mol. The lowest BCUT2D eigenvalue weighted by Gasteiger charge is -2.61. The summed E-state index contributed by atoms with van der Waals surface area (Å²) in [4.78, 5) is 2.61. The zero-order valence-electron chi connectivity index (χ0n) is 13.7. The molecule has 1 aliphatic carbocycles. The molecule has 0 bridgehead atoms. The molecule has 0 aromatic rings. The molecule has 3 atom stereocenters. The van der Waals surface area contributed by atoms with Gasteiger partial charge in [0.1, 0.15) is 0 Å². The fourth-order valence-electron chi connectivity index (χ4n) is 4.70. The zero-order valence-corrected chi connectivity index (χ0v) is 13.7. The Morgan fingerprint density at radius 3 is 2.50 bits per heavy atom.